The van der Waals surface area contributed by atoms with Gasteiger partial charge < -0.3 is 4.52 Å². The molecule has 112 valence electrons. The molecule has 0 unspecified atom stereocenters. The van der Waals surface area contributed by atoms with Crippen molar-refractivity contribution in [2.75, 3.05) is 0 Å². The predicted molar refractivity (Wildman–Crippen MR) is 86.8 cm³/mol. The first-order valence-electron chi connectivity index (χ1n) is 7.00. The Balaban J connectivity index is 0.000000304. The number of aromatic nitrogens is 1. The second-order valence-corrected chi connectivity index (χ2v) is 7.30. The highest BCUT2D eigenvalue weighted by molar-refractivity contribution is 5.21. The molecule has 0 spiro atoms. The van der Waals surface area contributed by atoms with Crippen LogP contribution < -0.4 is 0 Å². The Morgan fingerprint density at radius 1 is 0.800 bits per heavy atom. The molecule has 0 radical (unpaired) electrons. The molecule has 0 N–H and O–H groups in total. The Morgan fingerprint density at radius 3 is 1.50 bits per heavy atom. The van der Waals surface area contributed by atoms with Gasteiger partial charge in [0.15, 0.2) is 0 Å². The normalized spacial score (nSPS) is 10.8. The lowest BCUT2D eigenvalue weighted by Gasteiger charge is -2.18. The van der Waals surface area contributed by atoms with E-state index in [-0.39, 0.29) is 0 Å². The van der Waals surface area contributed by atoms with E-state index >= 15 is 0 Å². The fourth-order valence-corrected chi connectivity index (χ4v) is 1.11. The highest BCUT2D eigenvalue weighted by atomic mass is 16.5. The zero-order valence-corrected chi connectivity index (χ0v) is 14.0. The maximum Gasteiger partial charge on any atom is 0.123 e. The minimum Gasteiger partial charge on any atom is -0.365 e. The van der Waals surface area contributed by atoms with Gasteiger partial charge in [-0.25, -0.2) is 0 Å². The number of rotatable bonds is 0. The summed E-state index contributed by atoms with van der Waals surface area (Å²) in [5.74, 6) is 0. The third kappa shape index (κ3) is 12.9. The molecule has 0 fully saturated rings. The molecule has 0 aliphatic carbocycles. The number of nitrogens with zero attached hydrogens (tertiary/aromatic N) is 1. The van der Waals surface area contributed by atoms with Gasteiger partial charge in [-0.2, -0.15) is 0 Å². The minimum atomic E-state index is 0.293. The van der Waals surface area contributed by atoms with Crippen molar-refractivity contribution >= 4 is 0 Å². The second kappa shape index (κ2) is 8.57. The number of hydrogen-bond donors (Lipinski definition) is 0. The molecule has 2 nitrogen and oxygen atoms in total. The SMILES string of the molecule is CC(C)(C)C.CC(C)(C)c1ccccc1.c1cnoc1. The van der Waals surface area contributed by atoms with Gasteiger partial charge in [0.05, 0.1) is 6.20 Å². The zero-order chi connectivity index (χ0) is 15.6. The number of hydrogen-bond acceptors (Lipinski definition) is 2. The van der Waals surface area contributed by atoms with Crippen LogP contribution >= 0.6 is 0 Å². The van der Waals surface area contributed by atoms with E-state index in [1.165, 1.54) is 11.8 Å². The summed E-state index contributed by atoms with van der Waals surface area (Å²) in [6, 6.07) is 12.3. The van der Waals surface area contributed by atoms with Crippen LogP contribution in [-0.2, 0) is 5.41 Å². The molecule has 1 aromatic carbocycles. The van der Waals surface area contributed by atoms with Gasteiger partial charge in [-0.3, -0.25) is 0 Å². The van der Waals surface area contributed by atoms with Crippen molar-refractivity contribution in [2.45, 2.75) is 53.9 Å². The summed E-state index contributed by atoms with van der Waals surface area (Å²) in [5, 5.41) is 3.35. The molecule has 0 bridgehead atoms. The molecule has 0 amide bonds. The van der Waals surface area contributed by atoms with Crippen LogP contribution in [0, 0.1) is 5.41 Å². The van der Waals surface area contributed by atoms with E-state index in [0.29, 0.717) is 10.8 Å². The van der Waals surface area contributed by atoms with Crippen LogP contribution in [0.15, 0.2) is 53.4 Å². The molecule has 2 heteroatoms. The zero-order valence-electron chi connectivity index (χ0n) is 14.0. The van der Waals surface area contributed by atoms with Crippen LogP contribution in [0.3, 0.4) is 0 Å². The maximum atomic E-state index is 4.33. The lowest BCUT2D eigenvalue weighted by molar-refractivity contribution is 0.420. The first kappa shape index (κ1) is 18.4. The Morgan fingerprint density at radius 2 is 1.30 bits per heavy atom. The van der Waals surface area contributed by atoms with Crippen LogP contribution in [0.2, 0.25) is 0 Å². The van der Waals surface area contributed by atoms with E-state index in [2.05, 4.69) is 88.5 Å². The van der Waals surface area contributed by atoms with Crippen molar-refractivity contribution in [3.05, 3.63) is 54.4 Å². The first-order chi connectivity index (χ1) is 9.11. The van der Waals surface area contributed by atoms with Crippen molar-refractivity contribution in [1.82, 2.24) is 5.16 Å². The van der Waals surface area contributed by atoms with Gasteiger partial charge in [0.1, 0.15) is 6.26 Å². The van der Waals surface area contributed by atoms with Crippen molar-refractivity contribution < 1.29 is 4.52 Å². The Labute approximate surface area is 124 Å². The van der Waals surface area contributed by atoms with Crippen LogP contribution in [0.1, 0.15) is 54.0 Å². The smallest absolute Gasteiger partial charge is 0.123 e. The van der Waals surface area contributed by atoms with E-state index in [0.717, 1.165) is 0 Å². The topological polar surface area (TPSA) is 26.0 Å². The average molecular weight is 275 g/mol. The summed E-state index contributed by atoms with van der Waals surface area (Å²) in [6.07, 6.45) is 3.10. The van der Waals surface area contributed by atoms with Crippen molar-refractivity contribution in [3.63, 3.8) is 0 Å². The highest BCUT2D eigenvalue weighted by Gasteiger charge is 2.11. The minimum absolute atomic E-state index is 0.293. The van der Waals surface area contributed by atoms with E-state index in [1.54, 1.807) is 12.3 Å². The summed E-state index contributed by atoms with van der Waals surface area (Å²) in [5.41, 5.74) is 2.19. The molecule has 0 aliphatic rings. The van der Waals surface area contributed by atoms with Gasteiger partial charge >= 0.3 is 0 Å². The van der Waals surface area contributed by atoms with Crippen LogP contribution in [-0.4, -0.2) is 5.16 Å². The summed E-state index contributed by atoms with van der Waals surface area (Å²) >= 11 is 0. The molecule has 0 aliphatic heterocycles. The third-order valence-electron chi connectivity index (χ3n) is 1.99. The quantitative estimate of drug-likeness (QED) is 0.615. The summed E-state index contributed by atoms with van der Waals surface area (Å²) < 4.78 is 4.33. The molecule has 1 heterocycles. The highest BCUT2D eigenvalue weighted by Crippen LogP contribution is 2.20. The molecule has 1 aromatic heterocycles. The van der Waals surface area contributed by atoms with Crippen LogP contribution in [0.25, 0.3) is 0 Å². The number of benzene rings is 1. The van der Waals surface area contributed by atoms with Crippen LogP contribution in [0.5, 0.6) is 0 Å². The third-order valence-corrected chi connectivity index (χ3v) is 1.99. The molecular weight excluding hydrogens is 246 g/mol. The lowest BCUT2D eigenvalue weighted by atomic mass is 9.87. The summed E-state index contributed by atoms with van der Waals surface area (Å²) in [7, 11) is 0. The Hall–Kier alpha value is -1.57. The second-order valence-electron chi connectivity index (χ2n) is 7.30. The van der Waals surface area contributed by atoms with Crippen LogP contribution in [0.4, 0.5) is 0 Å². The van der Waals surface area contributed by atoms with Gasteiger partial charge in [-0.1, -0.05) is 84.0 Å². The molecule has 2 aromatic rings. The average Bonchev–Trinajstić information content (AvgIpc) is 2.85. The largest absolute Gasteiger partial charge is 0.365 e. The molecule has 2 rings (SSSR count). The van der Waals surface area contributed by atoms with Crippen molar-refractivity contribution in [3.8, 4) is 0 Å². The Kier molecular flexibility index (Phi) is 7.90. The predicted octanol–water partition coefficient (Wildman–Crippen LogP) is 5.71. The molecule has 0 saturated carbocycles. The van der Waals surface area contributed by atoms with Gasteiger partial charge in [-0.05, 0) is 22.5 Å². The molecule has 0 atom stereocenters. The monoisotopic (exact) mass is 275 g/mol. The van der Waals surface area contributed by atoms with Gasteiger partial charge in [-0.15, -0.1) is 0 Å². The van der Waals surface area contributed by atoms with Gasteiger partial charge in [0.25, 0.3) is 0 Å². The van der Waals surface area contributed by atoms with E-state index in [1.807, 2.05) is 0 Å². The Bertz CT molecular complexity index is 395. The summed E-state index contributed by atoms with van der Waals surface area (Å²) in [6.45, 7) is 15.4. The summed E-state index contributed by atoms with van der Waals surface area (Å²) in [4.78, 5) is 0. The molecular formula is C18H29NO. The molecule has 0 saturated heterocycles. The first-order valence-corrected chi connectivity index (χ1v) is 7.00. The fourth-order valence-electron chi connectivity index (χ4n) is 1.11. The maximum absolute atomic E-state index is 4.33. The van der Waals surface area contributed by atoms with E-state index in [4.69, 9.17) is 0 Å². The van der Waals surface area contributed by atoms with E-state index < -0.39 is 0 Å². The van der Waals surface area contributed by atoms with E-state index in [9.17, 15) is 0 Å². The van der Waals surface area contributed by atoms with Gasteiger partial charge in [0, 0.05) is 0 Å². The van der Waals surface area contributed by atoms with Crippen molar-refractivity contribution in [2.24, 2.45) is 5.41 Å². The molecule has 20 heavy (non-hydrogen) atoms. The lowest BCUT2D eigenvalue weighted by Crippen LogP contribution is -2.10. The fraction of sp³-hybridized carbons (Fsp3) is 0.500. The van der Waals surface area contributed by atoms with Gasteiger partial charge in [0.2, 0.25) is 0 Å². The standard InChI is InChI=1S/C10H14.C5H12.C3H3NO/c1-10(2,3)9-7-5-4-6-8-9;1-5(2,3)4;1-2-4-5-3-1/h4-8H,1-3H3;1-4H3;1-3H. The van der Waals surface area contributed by atoms with Crippen molar-refractivity contribution in [1.29, 1.82) is 0 Å².